The molecule has 6 heteroatoms. The van der Waals surface area contributed by atoms with E-state index in [1.165, 1.54) is 11.8 Å². The lowest BCUT2D eigenvalue weighted by Crippen LogP contribution is -2.30. The van der Waals surface area contributed by atoms with Crippen LogP contribution in [-0.2, 0) is 11.3 Å². The summed E-state index contributed by atoms with van der Waals surface area (Å²) < 4.78 is 1.94. The molecule has 2 aromatic carbocycles. The molecule has 1 heterocycles. The van der Waals surface area contributed by atoms with Gasteiger partial charge < -0.3 is 9.88 Å². The Kier molecular flexibility index (Phi) is 5.79. The largest absolute Gasteiger partial charge is 0.351 e. The smallest absolute Gasteiger partial charge is 0.233 e. The van der Waals surface area contributed by atoms with E-state index in [1.807, 2.05) is 66.2 Å². The van der Waals surface area contributed by atoms with Gasteiger partial charge in [-0.05, 0) is 48.9 Å². The quantitative estimate of drug-likeness (QED) is 0.656. The molecule has 0 aliphatic heterocycles. The maximum absolute atomic E-state index is 12.3. The molecule has 0 radical (unpaired) electrons. The number of carbonyl (C=O) groups excluding carboxylic acids is 1. The summed E-state index contributed by atoms with van der Waals surface area (Å²) in [4.78, 5) is 17.3. The van der Waals surface area contributed by atoms with E-state index in [4.69, 9.17) is 11.6 Å². The molecule has 0 spiro atoms. The van der Waals surface area contributed by atoms with Crippen LogP contribution >= 0.6 is 23.4 Å². The van der Waals surface area contributed by atoms with Crippen LogP contribution in [0.15, 0.2) is 72.1 Å². The fourth-order valence-corrected chi connectivity index (χ4v) is 3.32. The van der Waals surface area contributed by atoms with Gasteiger partial charge in [-0.2, -0.15) is 0 Å². The molecule has 0 unspecified atom stereocenters. The van der Waals surface area contributed by atoms with Crippen molar-refractivity contribution in [3.05, 3.63) is 77.8 Å². The summed E-state index contributed by atoms with van der Waals surface area (Å²) in [5.41, 5.74) is 2.10. The highest BCUT2D eigenvalue weighted by molar-refractivity contribution is 8.00. The molecular formula is C19H18ClN3OS. The number of nitrogens with zero attached hydrogens (tertiary/aromatic N) is 2. The summed E-state index contributed by atoms with van der Waals surface area (Å²) in [5.74, 6) is 0.0126. The fraction of sp³-hybridized carbons (Fsp3) is 0.158. The Labute approximate surface area is 156 Å². The number of nitrogens with one attached hydrogen (secondary N) is 1. The van der Waals surface area contributed by atoms with Crippen LogP contribution < -0.4 is 5.32 Å². The number of carbonyl (C=O) groups is 1. The monoisotopic (exact) mass is 371 g/mol. The fourth-order valence-electron chi connectivity index (χ4n) is 2.30. The first-order valence-corrected chi connectivity index (χ1v) is 9.15. The molecule has 1 atom stereocenters. The number of imidazole rings is 1. The van der Waals surface area contributed by atoms with Gasteiger partial charge in [-0.25, -0.2) is 4.98 Å². The van der Waals surface area contributed by atoms with Gasteiger partial charge in [-0.3, -0.25) is 4.79 Å². The average molecular weight is 372 g/mol. The van der Waals surface area contributed by atoms with Crippen LogP contribution in [0.5, 0.6) is 0 Å². The molecule has 25 heavy (non-hydrogen) atoms. The lowest BCUT2D eigenvalue weighted by atomic mass is 10.2. The molecule has 1 amide bonds. The second-order valence-electron chi connectivity index (χ2n) is 5.57. The molecule has 0 aliphatic rings. The van der Waals surface area contributed by atoms with E-state index < -0.39 is 0 Å². The van der Waals surface area contributed by atoms with E-state index in [9.17, 15) is 4.79 Å². The predicted octanol–water partition coefficient (Wildman–Crippen LogP) is 4.32. The maximum atomic E-state index is 12.3. The van der Waals surface area contributed by atoms with Crippen molar-refractivity contribution in [3.8, 4) is 5.69 Å². The standard InChI is InChI=1S/C19H18ClN3OS/c1-14(25-18-8-4-16(20)5-9-18)19(24)22-12-15-2-6-17(7-3-15)23-11-10-21-13-23/h2-11,13-14H,12H2,1H3,(H,22,24)/t14-/m0/s1. The molecule has 0 fully saturated rings. The van der Waals surface area contributed by atoms with Gasteiger partial charge >= 0.3 is 0 Å². The van der Waals surface area contributed by atoms with Crippen molar-refractivity contribution in [2.45, 2.75) is 23.6 Å². The summed E-state index contributed by atoms with van der Waals surface area (Å²) in [6.07, 6.45) is 5.40. The second kappa shape index (κ2) is 8.23. The van der Waals surface area contributed by atoms with E-state index in [2.05, 4.69) is 10.3 Å². The zero-order valence-corrected chi connectivity index (χ0v) is 15.3. The topological polar surface area (TPSA) is 46.9 Å². The number of halogens is 1. The van der Waals surface area contributed by atoms with E-state index >= 15 is 0 Å². The average Bonchev–Trinajstić information content (AvgIpc) is 3.16. The molecule has 0 aliphatic carbocycles. The van der Waals surface area contributed by atoms with Gasteiger partial charge in [-0.15, -0.1) is 11.8 Å². The first-order valence-electron chi connectivity index (χ1n) is 7.89. The Hall–Kier alpha value is -2.24. The van der Waals surface area contributed by atoms with Crippen molar-refractivity contribution in [1.82, 2.24) is 14.9 Å². The zero-order valence-electron chi connectivity index (χ0n) is 13.7. The van der Waals surface area contributed by atoms with Gasteiger partial charge in [0, 0.05) is 34.5 Å². The van der Waals surface area contributed by atoms with Crippen LogP contribution in [0.1, 0.15) is 12.5 Å². The molecule has 3 aromatic rings. The molecule has 3 rings (SSSR count). The minimum atomic E-state index is -0.175. The molecule has 1 aromatic heterocycles. The lowest BCUT2D eigenvalue weighted by molar-refractivity contribution is -0.120. The van der Waals surface area contributed by atoms with Crippen LogP contribution in [0, 0.1) is 0 Å². The summed E-state index contributed by atoms with van der Waals surface area (Å²) in [7, 11) is 0. The third-order valence-corrected chi connectivity index (χ3v) is 5.07. The Morgan fingerprint density at radius 1 is 1.20 bits per heavy atom. The number of benzene rings is 2. The van der Waals surface area contributed by atoms with E-state index in [1.54, 1.807) is 12.5 Å². The van der Waals surface area contributed by atoms with Crippen molar-refractivity contribution >= 4 is 29.3 Å². The summed E-state index contributed by atoms with van der Waals surface area (Å²) in [6.45, 7) is 2.41. The summed E-state index contributed by atoms with van der Waals surface area (Å²) in [5, 5.41) is 3.50. The van der Waals surface area contributed by atoms with Gasteiger partial charge in [0.2, 0.25) is 5.91 Å². The minimum Gasteiger partial charge on any atom is -0.351 e. The van der Waals surface area contributed by atoms with Gasteiger partial charge in [-0.1, -0.05) is 23.7 Å². The van der Waals surface area contributed by atoms with Crippen LogP contribution in [-0.4, -0.2) is 20.7 Å². The molecule has 128 valence electrons. The van der Waals surface area contributed by atoms with Gasteiger partial charge in [0.15, 0.2) is 0 Å². The third-order valence-electron chi connectivity index (χ3n) is 3.70. The van der Waals surface area contributed by atoms with Crippen molar-refractivity contribution in [2.75, 3.05) is 0 Å². The van der Waals surface area contributed by atoms with Gasteiger partial charge in [0.1, 0.15) is 0 Å². The number of amides is 1. The highest BCUT2D eigenvalue weighted by Crippen LogP contribution is 2.24. The van der Waals surface area contributed by atoms with Crippen molar-refractivity contribution < 1.29 is 4.79 Å². The SMILES string of the molecule is C[C@H](Sc1ccc(Cl)cc1)C(=O)NCc1ccc(-n2ccnc2)cc1. The molecule has 0 bridgehead atoms. The summed E-state index contributed by atoms with van der Waals surface area (Å²) >= 11 is 7.39. The van der Waals surface area contributed by atoms with Gasteiger partial charge in [0.25, 0.3) is 0 Å². The van der Waals surface area contributed by atoms with Crippen molar-refractivity contribution in [1.29, 1.82) is 0 Å². The molecule has 4 nitrogen and oxygen atoms in total. The first-order chi connectivity index (χ1) is 12.1. The Morgan fingerprint density at radius 3 is 2.56 bits per heavy atom. The first kappa shape index (κ1) is 17.6. The highest BCUT2D eigenvalue weighted by atomic mass is 35.5. The highest BCUT2D eigenvalue weighted by Gasteiger charge is 2.14. The minimum absolute atomic E-state index is 0.0126. The Balaban J connectivity index is 1.52. The number of thioether (sulfide) groups is 1. The third kappa shape index (κ3) is 4.87. The van der Waals surface area contributed by atoms with Crippen LogP contribution in [0.3, 0.4) is 0 Å². The number of aromatic nitrogens is 2. The molecule has 0 saturated heterocycles. The van der Waals surface area contributed by atoms with Crippen LogP contribution in [0.25, 0.3) is 5.69 Å². The van der Waals surface area contributed by atoms with Crippen LogP contribution in [0.2, 0.25) is 5.02 Å². The molecule has 0 saturated carbocycles. The predicted molar refractivity (Wildman–Crippen MR) is 102 cm³/mol. The van der Waals surface area contributed by atoms with Crippen molar-refractivity contribution in [3.63, 3.8) is 0 Å². The molecular weight excluding hydrogens is 354 g/mol. The number of rotatable bonds is 6. The summed E-state index contributed by atoms with van der Waals surface area (Å²) in [6, 6.07) is 15.5. The zero-order chi connectivity index (χ0) is 17.6. The Bertz CT molecular complexity index is 817. The molecule has 1 N–H and O–H groups in total. The second-order valence-corrected chi connectivity index (χ2v) is 7.42. The lowest BCUT2D eigenvalue weighted by Gasteiger charge is -2.12. The van der Waals surface area contributed by atoms with E-state index in [0.717, 1.165) is 16.1 Å². The van der Waals surface area contributed by atoms with E-state index in [-0.39, 0.29) is 11.2 Å². The Morgan fingerprint density at radius 2 is 1.92 bits per heavy atom. The number of hydrogen-bond acceptors (Lipinski definition) is 3. The van der Waals surface area contributed by atoms with E-state index in [0.29, 0.717) is 11.6 Å². The normalized spacial score (nSPS) is 11.9. The van der Waals surface area contributed by atoms with Crippen molar-refractivity contribution in [2.24, 2.45) is 0 Å². The maximum Gasteiger partial charge on any atom is 0.233 e. The number of hydrogen-bond donors (Lipinski definition) is 1. The van der Waals surface area contributed by atoms with Gasteiger partial charge in [0.05, 0.1) is 11.6 Å². The van der Waals surface area contributed by atoms with Crippen LogP contribution in [0.4, 0.5) is 0 Å².